The van der Waals surface area contributed by atoms with E-state index in [9.17, 15) is 4.39 Å². The van der Waals surface area contributed by atoms with Gasteiger partial charge >= 0.3 is 0 Å². The SMILES string of the molecule is Cc1cc(OCc2cc3c(F)ccc(C)c3nc2-c2ccccc2)nc(N)n1. The lowest BCUT2D eigenvalue weighted by molar-refractivity contribution is 0.294. The largest absolute Gasteiger partial charge is 0.473 e. The second-order valence-corrected chi connectivity index (χ2v) is 6.62. The van der Waals surface area contributed by atoms with Gasteiger partial charge in [-0.25, -0.2) is 14.4 Å². The highest BCUT2D eigenvalue weighted by molar-refractivity contribution is 5.86. The molecular weight excluding hydrogens is 355 g/mol. The molecule has 6 heteroatoms. The van der Waals surface area contributed by atoms with E-state index in [0.717, 1.165) is 22.4 Å². The first kappa shape index (κ1) is 17.9. The van der Waals surface area contributed by atoms with Crippen molar-refractivity contribution < 1.29 is 9.13 Å². The summed E-state index contributed by atoms with van der Waals surface area (Å²) in [6.07, 6.45) is 0. The first-order valence-electron chi connectivity index (χ1n) is 8.89. The molecule has 0 radical (unpaired) electrons. The Morgan fingerprint density at radius 1 is 0.964 bits per heavy atom. The normalized spacial score (nSPS) is 11.0. The number of nitrogens with zero attached hydrogens (tertiary/aromatic N) is 3. The fourth-order valence-electron chi connectivity index (χ4n) is 3.15. The van der Waals surface area contributed by atoms with Crippen molar-refractivity contribution >= 4 is 16.9 Å². The van der Waals surface area contributed by atoms with E-state index in [0.29, 0.717) is 22.5 Å². The monoisotopic (exact) mass is 374 g/mol. The zero-order chi connectivity index (χ0) is 19.7. The molecule has 0 amide bonds. The summed E-state index contributed by atoms with van der Waals surface area (Å²) >= 11 is 0. The van der Waals surface area contributed by atoms with E-state index in [4.69, 9.17) is 15.5 Å². The molecule has 28 heavy (non-hydrogen) atoms. The number of hydrogen-bond donors (Lipinski definition) is 1. The quantitative estimate of drug-likeness (QED) is 0.565. The average Bonchev–Trinajstić information content (AvgIpc) is 2.69. The van der Waals surface area contributed by atoms with Gasteiger partial charge in [-0.1, -0.05) is 36.4 Å². The topological polar surface area (TPSA) is 73.9 Å². The van der Waals surface area contributed by atoms with Gasteiger partial charge in [-0.15, -0.1) is 0 Å². The molecule has 2 heterocycles. The lowest BCUT2D eigenvalue weighted by Crippen LogP contribution is -2.05. The zero-order valence-electron chi connectivity index (χ0n) is 15.6. The molecule has 0 atom stereocenters. The summed E-state index contributed by atoms with van der Waals surface area (Å²) in [5.41, 5.74) is 10.4. The summed E-state index contributed by atoms with van der Waals surface area (Å²) in [6.45, 7) is 3.92. The van der Waals surface area contributed by atoms with E-state index in [1.165, 1.54) is 6.07 Å². The van der Waals surface area contributed by atoms with Gasteiger partial charge in [0.2, 0.25) is 11.8 Å². The molecule has 2 aromatic heterocycles. The van der Waals surface area contributed by atoms with Gasteiger partial charge in [-0.05, 0) is 31.5 Å². The molecule has 0 aliphatic heterocycles. The van der Waals surface area contributed by atoms with E-state index >= 15 is 0 Å². The van der Waals surface area contributed by atoms with Crippen molar-refractivity contribution in [2.75, 3.05) is 5.73 Å². The fraction of sp³-hybridized carbons (Fsp3) is 0.136. The number of aryl methyl sites for hydroxylation is 2. The van der Waals surface area contributed by atoms with Crippen molar-refractivity contribution in [1.29, 1.82) is 0 Å². The number of pyridine rings is 1. The summed E-state index contributed by atoms with van der Waals surface area (Å²) < 4.78 is 20.3. The summed E-state index contributed by atoms with van der Waals surface area (Å²) in [4.78, 5) is 12.9. The average molecular weight is 374 g/mol. The molecule has 0 saturated carbocycles. The summed E-state index contributed by atoms with van der Waals surface area (Å²) in [5.74, 6) is 0.210. The minimum Gasteiger partial charge on any atom is -0.473 e. The Morgan fingerprint density at radius 2 is 1.75 bits per heavy atom. The molecule has 0 aliphatic carbocycles. The maximum Gasteiger partial charge on any atom is 0.223 e. The molecule has 2 aromatic carbocycles. The number of anilines is 1. The highest BCUT2D eigenvalue weighted by Crippen LogP contribution is 2.29. The van der Waals surface area contributed by atoms with E-state index in [-0.39, 0.29) is 18.4 Å². The van der Waals surface area contributed by atoms with Gasteiger partial charge in [0, 0.05) is 28.3 Å². The Bertz CT molecular complexity index is 1140. The van der Waals surface area contributed by atoms with E-state index in [1.54, 1.807) is 18.2 Å². The van der Waals surface area contributed by atoms with E-state index in [2.05, 4.69) is 9.97 Å². The predicted molar refractivity (Wildman–Crippen MR) is 107 cm³/mol. The van der Waals surface area contributed by atoms with Gasteiger partial charge in [-0.3, -0.25) is 0 Å². The third kappa shape index (κ3) is 3.49. The predicted octanol–water partition coefficient (Wildman–Crippen LogP) is 4.61. The highest BCUT2D eigenvalue weighted by atomic mass is 19.1. The molecule has 4 aromatic rings. The fourth-order valence-corrected chi connectivity index (χ4v) is 3.15. The van der Waals surface area contributed by atoms with E-state index in [1.807, 2.05) is 44.2 Å². The van der Waals surface area contributed by atoms with Crippen LogP contribution in [0.1, 0.15) is 16.8 Å². The van der Waals surface area contributed by atoms with Crippen molar-refractivity contribution in [3.05, 3.63) is 77.2 Å². The Balaban J connectivity index is 1.82. The molecule has 0 unspecified atom stereocenters. The van der Waals surface area contributed by atoms with Gasteiger partial charge in [0.15, 0.2) is 0 Å². The van der Waals surface area contributed by atoms with Crippen LogP contribution in [-0.2, 0) is 6.61 Å². The van der Waals surface area contributed by atoms with Gasteiger partial charge in [-0.2, -0.15) is 4.98 Å². The van der Waals surface area contributed by atoms with Crippen LogP contribution in [0.25, 0.3) is 22.2 Å². The molecule has 5 nitrogen and oxygen atoms in total. The molecule has 2 N–H and O–H groups in total. The van der Waals surface area contributed by atoms with Crippen LogP contribution in [0.4, 0.5) is 10.3 Å². The minimum atomic E-state index is -0.309. The van der Waals surface area contributed by atoms with Crippen molar-refractivity contribution in [2.45, 2.75) is 20.5 Å². The number of nitrogens with two attached hydrogens (primary N) is 1. The smallest absolute Gasteiger partial charge is 0.223 e. The summed E-state index contributed by atoms with van der Waals surface area (Å²) in [5, 5.41) is 0.469. The van der Waals surface area contributed by atoms with Crippen LogP contribution >= 0.6 is 0 Å². The van der Waals surface area contributed by atoms with Crippen LogP contribution in [-0.4, -0.2) is 15.0 Å². The van der Waals surface area contributed by atoms with Crippen LogP contribution in [0.2, 0.25) is 0 Å². The first-order chi connectivity index (χ1) is 13.5. The second-order valence-electron chi connectivity index (χ2n) is 6.62. The number of fused-ring (bicyclic) bond motifs is 1. The number of benzene rings is 2. The Kier molecular flexibility index (Phi) is 4.61. The molecule has 0 aliphatic rings. The zero-order valence-corrected chi connectivity index (χ0v) is 15.6. The lowest BCUT2D eigenvalue weighted by atomic mass is 10.0. The maximum atomic E-state index is 14.4. The van der Waals surface area contributed by atoms with Gasteiger partial charge in [0.1, 0.15) is 12.4 Å². The number of ether oxygens (including phenoxy) is 1. The third-order valence-corrected chi connectivity index (χ3v) is 4.48. The molecule has 0 saturated heterocycles. The third-order valence-electron chi connectivity index (χ3n) is 4.48. The first-order valence-corrected chi connectivity index (χ1v) is 8.89. The van der Waals surface area contributed by atoms with Crippen molar-refractivity contribution in [3.63, 3.8) is 0 Å². The van der Waals surface area contributed by atoms with Gasteiger partial charge in [0.05, 0.1) is 11.2 Å². The van der Waals surface area contributed by atoms with Crippen LogP contribution in [0.3, 0.4) is 0 Å². The molecule has 0 bridgehead atoms. The highest BCUT2D eigenvalue weighted by Gasteiger charge is 2.14. The number of halogens is 1. The van der Waals surface area contributed by atoms with Gasteiger partial charge < -0.3 is 10.5 Å². The Morgan fingerprint density at radius 3 is 2.50 bits per heavy atom. The number of nitrogen functional groups attached to an aromatic ring is 1. The lowest BCUT2D eigenvalue weighted by Gasteiger charge is -2.14. The summed E-state index contributed by atoms with van der Waals surface area (Å²) in [6, 6.07) is 16.5. The molecule has 0 spiro atoms. The summed E-state index contributed by atoms with van der Waals surface area (Å²) in [7, 11) is 0. The van der Waals surface area contributed by atoms with Crippen molar-refractivity contribution in [3.8, 4) is 17.1 Å². The molecular formula is C22H19FN4O. The molecule has 140 valence electrons. The van der Waals surface area contributed by atoms with Gasteiger partial charge in [0.25, 0.3) is 0 Å². The van der Waals surface area contributed by atoms with Crippen LogP contribution < -0.4 is 10.5 Å². The standard InChI is InChI=1S/C22H19FN4O/c1-13-8-9-18(23)17-11-16(12-28-19-10-14(2)25-22(24)26-19)21(27-20(13)17)15-6-4-3-5-7-15/h3-11H,12H2,1-2H3,(H2,24,25,26). The van der Waals surface area contributed by atoms with E-state index < -0.39 is 0 Å². The second kappa shape index (κ2) is 7.23. The number of aromatic nitrogens is 3. The number of hydrogen-bond acceptors (Lipinski definition) is 5. The van der Waals surface area contributed by atoms with Crippen molar-refractivity contribution in [1.82, 2.24) is 15.0 Å². The van der Waals surface area contributed by atoms with Crippen LogP contribution in [0, 0.1) is 19.7 Å². The Labute approximate surface area is 162 Å². The Hall–Kier alpha value is -3.54. The van der Waals surface area contributed by atoms with Crippen LogP contribution in [0.15, 0.2) is 54.6 Å². The molecule has 4 rings (SSSR count). The maximum absolute atomic E-state index is 14.4. The molecule has 0 fully saturated rings. The van der Waals surface area contributed by atoms with Crippen molar-refractivity contribution in [2.24, 2.45) is 0 Å². The minimum absolute atomic E-state index is 0.150. The van der Waals surface area contributed by atoms with Crippen LogP contribution in [0.5, 0.6) is 5.88 Å². The number of rotatable bonds is 4.